The highest BCUT2D eigenvalue weighted by Crippen LogP contribution is 2.19. The molecule has 1 saturated heterocycles. The van der Waals surface area contributed by atoms with Crippen molar-refractivity contribution in [3.63, 3.8) is 0 Å². The van der Waals surface area contributed by atoms with Gasteiger partial charge < -0.3 is 24.6 Å². The Kier molecular flexibility index (Phi) is 6.61. The van der Waals surface area contributed by atoms with Crippen molar-refractivity contribution in [3.8, 4) is 5.75 Å². The normalized spacial score (nSPS) is 15.0. The van der Waals surface area contributed by atoms with E-state index >= 15 is 0 Å². The number of hydrogen-bond acceptors (Lipinski definition) is 7. The number of piperazine rings is 1. The lowest BCUT2D eigenvalue weighted by Crippen LogP contribution is -2.51. The maximum Gasteiger partial charge on any atom is 0.317 e. The van der Waals surface area contributed by atoms with Gasteiger partial charge in [0, 0.05) is 51.3 Å². The number of carbonyl (C=O) groups is 1. The summed E-state index contributed by atoms with van der Waals surface area (Å²) in [4.78, 5) is 20.4. The van der Waals surface area contributed by atoms with Crippen molar-refractivity contribution >= 4 is 6.03 Å². The number of ether oxygens (including phenoxy) is 1. The number of methoxy groups -OCH3 is 1. The van der Waals surface area contributed by atoms with Crippen LogP contribution >= 0.6 is 0 Å². The Morgan fingerprint density at radius 3 is 2.78 bits per heavy atom. The molecule has 0 bridgehead atoms. The molecule has 9 nitrogen and oxygen atoms in total. The molecule has 1 aromatic carbocycles. The molecule has 0 saturated carbocycles. The van der Waals surface area contributed by atoms with E-state index in [4.69, 9.17) is 14.4 Å². The zero-order chi connectivity index (χ0) is 19.1. The van der Waals surface area contributed by atoms with Crippen molar-refractivity contribution < 1.29 is 19.2 Å². The SMILES string of the molecule is COc1ccccc1CN1CCN(C(=O)NCCc2noc(CO)n2)CC1. The van der Waals surface area contributed by atoms with Crippen LogP contribution in [0.5, 0.6) is 5.75 Å². The Balaban J connectivity index is 1.39. The monoisotopic (exact) mass is 375 g/mol. The van der Waals surface area contributed by atoms with Crippen LogP contribution in [0, 0.1) is 0 Å². The molecule has 3 rings (SSSR count). The van der Waals surface area contributed by atoms with Gasteiger partial charge in [0.25, 0.3) is 5.89 Å². The van der Waals surface area contributed by atoms with E-state index in [9.17, 15) is 4.79 Å². The zero-order valence-corrected chi connectivity index (χ0v) is 15.4. The maximum absolute atomic E-state index is 12.3. The molecule has 0 atom stereocenters. The summed E-state index contributed by atoms with van der Waals surface area (Å²) in [5.41, 5.74) is 1.15. The second-order valence-electron chi connectivity index (χ2n) is 6.32. The maximum atomic E-state index is 12.3. The van der Waals surface area contributed by atoms with Crippen LogP contribution < -0.4 is 10.1 Å². The average Bonchev–Trinajstić information content (AvgIpc) is 3.17. The summed E-state index contributed by atoms with van der Waals surface area (Å²) in [6.07, 6.45) is 0.461. The predicted octanol–water partition coefficient (Wildman–Crippen LogP) is 0.640. The molecule has 0 spiro atoms. The van der Waals surface area contributed by atoms with E-state index in [0.29, 0.717) is 31.9 Å². The highest BCUT2D eigenvalue weighted by molar-refractivity contribution is 5.74. The third kappa shape index (κ3) is 5.18. The van der Waals surface area contributed by atoms with Crippen molar-refractivity contribution in [1.82, 2.24) is 25.3 Å². The fraction of sp³-hybridized carbons (Fsp3) is 0.500. The van der Waals surface area contributed by atoms with Crippen molar-refractivity contribution in [2.75, 3.05) is 39.8 Å². The highest BCUT2D eigenvalue weighted by Gasteiger charge is 2.21. The molecule has 2 aromatic rings. The number of hydrogen-bond donors (Lipinski definition) is 2. The molecule has 2 amide bonds. The molecule has 1 fully saturated rings. The summed E-state index contributed by atoms with van der Waals surface area (Å²) in [6, 6.07) is 7.92. The molecule has 2 heterocycles. The van der Waals surface area contributed by atoms with Crippen molar-refractivity contribution in [3.05, 3.63) is 41.5 Å². The number of amides is 2. The number of benzene rings is 1. The standard InChI is InChI=1S/C18H25N5O4/c1-26-15-5-3-2-4-14(15)12-22-8-10-23(11-9-22)18(25)19-7-6-16-20-17(13-24)27-21-16/h2-5,24H,6-13H2,1H3,(H,19,25). The van der Waals surface area contributed by atoms with Gasteiger partial charge in [-0.3, -0.25) is 4.90 Å². The van der Waals surface area contributed by atoms with Crippen LogP contribution in [0.4, 0.5) is 4.79 Å². The van der Waals surface area contributed by atoms with Gasteiger partial charge in [0.2, 0.25) is 0 Å². The summed E-state index contributed by atoms with van der Waals surface area (Å²) < 4.78 is 10.2. The van der Waals surface area contributed by atoms with Gasteiger partial charge >= 0.3 is 6.03 Å². The minimum Gasteiger partial charge on any atom is -0.496 e. The third-order valence-electron chi connectivity index (χ3n) is 4.52. The molecule has 1 aliphatic rings. The van der Waals surface area contributed by atoms with Crippen molar-refractivity contribution in [2.45, 2.75) is 19.6 Å². The van der Waals surface area contributed by atoms with Gasteiger partial charge in [-0.25, -0.2) is 4.79 Å². The van der Waals surface area contributed by atoms with Crippen LogP contribution in [-0.4, -0.2) is 70.9 Å². The first kappa shape index (κ1) is 19.1. The van der Waals surface area contributed by atoms with Gasteiger partial charge in [0.15, 0.2) is 5.82 Å². The van der Waals surface area contributed by atoms with E-state index in [1.54, 1.807) is 7.11 Å². The van der Waals surface area contributed by atoms with Crippen LogP contribution in [0.3, 0.4) is 0 Å². The van der Waals surface area contributed by atoms with E-state index in [0.717, 1.165) is 30.9 Å². The number of aromatic nitrogens is 2. The quantitative estimate of drug-likeness (QED) is 0.732. The van der Waals surface area contributed by atoms with Gasteiger partial charge in [-0.2, -0.15) is 4.98 Å². The minimum atomic E-state index is -0.279. The van der Waals surface area contributed by atoms with Crippen molar-refractivity contribution in [2.24, 2.45) is 0 Å². The molecule has 27 heavy (non-hydrogen) atoms. The van der Waals surface area contributed by atoms with E-state index in [2.05, 4.69) is 26.4 Å². The van der Waals surface area contributed by atoms with Crippen LogP contribution in [0.1, 0.15) is 17.3 Å². The zero-order valence-electron chi connectivity index (χ0n) is 15.4. The number of urea groups is 1. The lowest BCUT2D eigenvalue weighted by atomic mass is 10.1. The fourth-order valence-electron chi connectivity index (χ4n) is 3.03. The molecule has 9 heteroatoms. The van der Waals surface area contributed by atoms with Gasteiger partial charge in [-0.05, 0) is 6.07 Å². The van der Waals surface area contributed by atoms with Crippen LogP contribution in [0.25, 0.3) is 0 Å². The van der Waals surface area contributed by atoms with Crippen LogP contribution in [0.15, 0.2) is 28.8 Å². The number of nitrogens with one attached hydrogen (secondary N) is 1. The Labute approximate surface area is 157 Å². The van der Waals surface area contributed by atoms with Gasteiger partial charge in [-0.1, -0.05) is 23.4 Å². The second kappa shape index (κ2) is 9.33. The number of para-hydroxylation sites is 1. The first-order valence-corrected chi connectivity index (χ1v) is 8.99. The summed E-state index contributed by atoms with van der Waals surface area (Å²) in [7, 11) is 1.68. The summed E-state index contributed by atoms with van der Waals surface area (Å²) in [6.45, 7) is 3.94. The minimum absolute atomic E-state index is 0.0854. The number of aliphatic hydroxyl groups excluding tert-OH is 1. The topological polar surface area (TPSA) is 104 Å². The first-order valence-electron chi connectivity index (χ1n) is 8.99. The van der Waals surface area contributed by atoms with E-state index in [-0.39, 0.29) is 18.5 Å². The summed E-state index contributed by atoms with van der Waals surface area (Å²) in [5.74, 6) is 1.55. The number of rotatable bonds is 7. The van der Waals surface area contributed by atoms with Crippen LogP contribution in [-0.2, 0) is 19.6 Å². The molecule has 0 aliphatic carbocycles. The Hall–Kier alpha value is -2.65. The van der Waals surface area contributed by atoms with E-state index < -0.39 is 0 Å². The van der Waals surface area contributed by atoms with E-state index in [1.807, 2.05) is 23.1 Å². The van der Waals surface area contributed by atoms with Crippen molar-refractivity contribution in [1.29, 1.82) is 0 Å². The number of nitrogens with zero attached hydrogens (tertiary/aromatic N) is 4. The molecular formula is C18H25N5O4. The van der Waals surface area contributed by atoms with Crippen LogP contribution in [0.2, 0.25) is 0 Å². The molecule has 0 radical (unpaired) electrons. The average molecular weight is 375 g/mol. The molecule has 146 valence electrons. The van der Waals surface area contributed by atoms with E-state index in [1.165, 1.54) is 0 Å². The predicted molar refractivity (Wildman–Crippen MR) is 97.2 cm³/mol. The Morgan fingerprint density at radius 2 is 2.07 bits per heavy atom. The third-order valence-corrected chi connectivity index (χ3v) is 4.52. The Bertz CT molecular complexity index is 743. The van der Waals surface area contributed by atoms with Gasteiger partial charge in [-0.15, -0.1) is 0 Å². The highest BCUT2D eigenvalue weighted by atomic mass is 16.5. The van der Waals surface area contributed by atoms with Gasteiger partial charge in [0.05, 0.1) is 7.11 Å². The first-order chi connectivity index (χ1) is 13.2. The molecular weight excluding hydrogens is 350 g/mol. The summed E-state index contributed by atoms with van der Waals surface area (Å²) >= 11 is 0. The lowest BCUT2D eigenvalue weighted by Gasteiger charge is -2.34. The molecule has 1 aliphatic heterocycles. The second-order valence-corrected chi connectivity index (χ2v) is 6.32. The molecule has 0 unspecified atom stereocenters. The fourth-order valence-corrected chi connectivity index (χ4v) is 3.03. The number of aliphatic hydroxyl groups is 1. The number of carbonyl (C=O) groups excluding carboxylic acids is 1. The lowest BCUT2D eigenvalue weighted by molar-refractivity contribution is 0.134. The summed E-state index contributed by atoms with van der Waals surface area (Å²) in [5, 5.41) is 15.5. The molecule has 2 N–H and O–H groups in total. The Morgan fingerprint density at radius 1 is 1.30 bits per heavy atom. The van der Waals surface area contributed by atoms with Gasteiger partial charge in [0.1, 0.15) is 12.4 Å². The largest absolute Gasteiger partial charge is 0.496 e. The molecule has 1 aromatic heterocycles. The smallest absolute Gasteiger partial charge is 0.317 e.